The van der Waals surface area contributed by atoms with Crippen LogP contribution in [0.4, 0.5) is 8.78 Å². The minimum absolute atomic E-state index is 0.0627. The summed E-state index contributed by atoms with van der Waals surface area (Å²) in [7, 11) is 0. The Morgan fingerprint density at radius 3 is 2.53 bits per heavy atom. The molecule has 4 rings (SSSR count). The average Bonchev–Trinajstić information content (AvgIpc) is 3.28. The minimum Gasteiger partial charge on any atom is -0.452 e. The largest absolute Gasteiger partial charge is 0.452 e. The highest BCUT2D eigenvalue weighted by atomic mass is 19.3. The third kappa shape index (κ3) is 5.52. The van der Waals surface area contributed by atoms with Gasteiger partial charge in [-0.2, -0.15) is 13.9 Å². The smallest absolute Gasteiger partial charge is 0.387 e. The van der Waals surface area contributed by atoms with Gasteiger partial charge in [-0.15, -0.1) is 0 Å². The molecule has 0 fully saturated rings. The number of fused-ring (bicyclic) bond motifs is 1. The Bertz CT molecular complexity index is 1280. The number of hydrogen-bond acceptors (Lipinski definition) is 6. The number of nitrogens with one attached hydrogen (secondary N) is 1. The van der Waals surface area contributed by atoms with Crippen molar-refractivity contribution in [2.45, 2.75) is 13.0 Å². The molecular weight excluding hydrogens is 446 g/mol. The summed E-state index contributed by atoms with van der Waals surface area (Å²) in [5, 5.41) is 6.89. The zero-order chi connectivity index (χ0) is 23.9. The Kier molecular flexibility index (Phi) is 7.07. The van der Waals surface area contributed by atoms with E-state index in [4.69, 9.17) is 4.74 Å². The van der Waals surface area contributed by atoms with Crippen LogP contribution >= 0.6 is 0 Å². The maximum Gasteiger partial charge on any atom is 0.387 e. The second kappa shape index (κ2) is 10.5. The second-order valence-electron chi connectivity index (χ2n) is 7.19. The van der Waals surface area contributed by atoms with Gasteiger partial charge in [-0.05, 0) is 30.2 Å². The van der Waals surface area contributed by atoms with Crippen molar-refractivity contribution < 1.29 is 27.8 Å². The molecule has 1 amide bonds. The zero-order valence-corrected chi connectivity index (χ0v) is 17.9. The topological polar surface area (TPSA) is 94.8 Å². The Labute approximate surface area is 193 Å². The molecule has 0 atom stereocenters. The summed E-state index contributed by atoms with van der Waals surface area (Å²) in [6, 6.07) is 17.5. The summed E-state index contributed by atoms with van der Waals surface area (Å²) >= 11 is 0. The highest BCUT2D eigenvalue weighted by Gasteiger charge is 2.18. The van der Waals surface area contributed by atoms with Crippen molar-refractivity contribution in [2.24, 2.45) is 0 Å². The van der Waals surface area contributed by atoms with Gasteiger partial charge in [0.25, 0.3) is 5.91 Å². The van der Waals surface area contributed by atoms with Crippen LogP contribution in [0.2, 0.25) is 0 Å². The Hall–Kier alpha value is -4.34. The molecule has 0 spiro atoms. The van der Waals surface area contributed by atoms with Crippen LogP contribution in [0.5, 0.6) is 5.75 Å². The van der Waals surface area contributed by atoms with E-state index in [1.54, 1.807) is 28.9 Å². The fourth-order valence-electron chi connectivity index (χ4n) is 3.31. The van der Waals surface area contributed by atoms with Crippen LogP contribution in [0.3, 0.4) is 0 Å². The number of ether oxygens (including phenoxy) is 2. The van der Waals surface area contributed by atoms with E-state index in [9.17, 15) is 18.4 Å². The van der Waals surface area contributed by atoms with Crippen molar-refractivity contribution in [1.82, 2.24) is 19.9 Å². The van der Waals surface area contributed by atoms with Crippen molar-refractivity contribution >= 4 is 17.5 Å². The molecule has 2 aromatic carbocycles. The first-order chi connectivity index (χ1) is 16.5. The number of esters is 1. The molecule has 0 saturated carbocycles. The first kappa shape index (κ1) is 22.8. The number of hydrogen-bond donors (Lipinski definition) is 1. The molecule has 10 heteroatoms. The number of aromatic nitrogens is 3. The van der Waals surface area contributed by atoms with E-state index in [-0.39, 0.29) is 17.9 Å². The fourth-order valence-corrected chi connectivity index (χ4v) is 3.31. The molecule has 2 aromatic heterocycles. The van der Waals surface area contributed by atoms with Crippen molar-refractivity contribution in [3.8, 4) is 17.0 Å². The van der Waals surface area contributed by atoms with E-state index in [1.165, 1.54) is 18.3 Å². The molecule has 8 nitrogen and oxygen atoms in total. The highest BCUT2D eigenvalue weighted by molar-refractivity contribution is 5.97. The van der Waals surface area contributed by atoms with E-state index in [0.29, 0.717) is 12.1 Å². The number of rotatable bonds is 9. The van der Waals surface area contributed by atoms with Gasteiger partial charge in [0.2, 0.25) is 0 Å². The predicted octanol–water partition coefficient (Wildman–Crippen LogP) is 3.51. The maximum absolute atomic E-state index is 12.5. The SMILES string of the molecule is O=C(COC(=O)c1cnn2c(-c3ccccc3)ccnc12)NCCc1ccc(OC(F)F)cc1. The van der Waals surface area contributed by atoms with Gasteiger partial charge >= 0.3 is 12.6 Å². The zero-order valence-electron chi connectivity index (χ0n) is 17.9. The fraction of sp³-hybridized carbons (Fsp3) is 0.167. The molecule has 0 radical (unpaired) electrons. The molecular formula is C24H20F2N4O4. The van der Waals surface area contributed by atoms with Crippen molar-refractivity contribution in [2.75, 3.05) is 13.2 Å². The van der Waals surface area contributed by atoms with Crippen LogP contribution in [-0.2, 0) is 16.0 Å². The molecule has 34 heavy (non-hydrogen) atoms. The third-order valence-corrected chi connectivity index (χ3v) is 4.91. The van der Waals surface area contributed by atoms with Gasteiger partial charge in [-0.25, -0.2) is 14.3 Å². The third-order valence-electron chi connectivity index (χ3n) is 4.91. The number of carbonyl (C=O) groups is 2. The first-order valence-corrected chi connectivity index (χ1v) is 10.4. The molecule has 0 aliphatic heterocycles. The number of benzene rings is 2. The van der Waals surface area contributed by atoms with Crippen molar-refractivity contribution in [3.63, 3.8) is 0 Å². The van der Waals surface area contributed by atoms with Gasteiger partial charge in [-0.1, -0.05) is 42.5 Å². The van der Waals surface area contributed by atoms with E-state index in [0.717, 1.165) is 16.8 Å². The minimum atomic E-state index is -2.88. The van der Waals surface area contributed by atoms with E-state index >= 15 is 0 Å². The Morgan fingerprint density at radius 1 is 1.03 bits per heavy atom. The lowest BCUT2D eigenvalue weighted by atomic mass is 10.1. The molecule has 0 saturated heterocycles. The highest BCUT2D eigenvalue weighted by Crippen LogP contribution is 2.21. The first-order valence-electron chi connectivity index (χ1n) is 10.4. The molecule has 0 aliphatic rings. The lowest BCUT2D eigenvalue weighted by Gasteiger charge is -2.08. The number of alkyl halides is 2. The van der Waals surface area contributed by atoms with Crippen LogP contribution in [-0.4, -0.2) is 46.2 Å². The monoisotopic (exact) mass is 466 g/mol. The lowest BCUT2D eigenvalue weighted by molar-refractivity contribution is -0.124. The van der Waals surface area contributed by atoms with Gasteiger partial charge in [0.05, 0.1) is 11.9 Å². The normalized spacial score (nSPS) is 10.9. The molecule has 0 bridgehead atoms. The summed E-state index contributed by atoms with van der Waals surface area (Å²) in [6.45, 7) is -3.06. The predicted molar refractivity (Wildman–Crippen MR) is 118 cm³/mol. The maximum atomic E-state index is 12.5. The van der Waals surface area contributed by atoms with Gasteiger partial charge in [-0.3, -0.25) is 4.79 Å². The molecule has 0 unspecified atom stereocenters. The van der Waals surface area contributed by atoms with Crippen LogP contribution in [0.1, 0.15) is 15.9 Å². The van der Waals surface area contributed by atoms with Crippen LogP contribution in [0.25, 0.3) is 16.9 Å². The molecule has 2 heterocycles. The number of amides is 1. The van der Waals surface area contributed by atoms with Crippen molar-refractivity contribution in [3.05, 3.63) is 84.2 Å². The van der Waals surface area contributed by atoms with E-state index in [1.807, 2.05) is 30.3 Å². The number of nitrogens with zero attached hydrogens (tertiary/aromatic N) is 3. The Morgan fingerprint density at radius 2 is 1.79 bits per heavy atom. The second-order valence-corrected chi connectivity index (χ2v) is 7.19. The summed E-state index contributed by atoms with van der Waals surface area (Å²) in [6.07, 6.45) is 3.40. The summed E-state index contributed by atoms with van der Waals surface area (Å²) < 4.78 is 35.3. The van der Waals surface area contributed by atoms with Crippen LogP contribution < -0.4 is 10.1 Å². The Balaban J connectivity index is 1.29. The molecule has 0 aliphatic carbocycles. The molecule has 4 aromatic rings. The average molecular weight is 466 g/mol. The van der Waals surface area contributed by atoms with Crippen LogP contribution in [0, 0.1) is 0 Å². The summed E-state index contributed by atoms with van der Waals surface area (Å²) in [4.78, 5) is 28.8. The van der Waals surface area contributed by atoms with Crippen LogP contribution in [0.15, 0.2) is 73.1 Å². The van der Waals surface area contributed by atoms with Crippen molar-refractivity contribution in [1.29, 1.82) is 0 Å². The van der Waals surface area contributed by atoms with E-state index in [2.05, 4.69) is 20.1 Å². The lowest BCUT2D eigenvalue weighted by Crippen LogP contribution is -2.30. The summed E-state index contributed by atoms with van der Waals surface area (Å²) in [5.41, 5.74) is 2.97. The van der Waals surface area contributed by atoms with Gasteiger partial charge in [0, 0.05) is 18.3 Å². The number of halogens is 2. The quantitative estimate of drug-likeness (QED) is 0.380. The van der Waals surface area contributed by atoms with Gasteiger partial charge in [0.1, 0.15) is 11.3 Å². The summed E-state index contributed by atoms with van der Waals surface area (Å²) in [5.74, 6) is -1.12. The number of carbonyl (C=O) groups excluding carboxylic acids is 2. The molecule has 174 valence electrons. The van der Waals surface area contributed by atoms with E-state index < -0.39 is 25.1 Å². The van der Waals surface area contributed by atoms with Gasteiger partial charge in [0.15, 0.2) is 12.3 Å². The molecule has 1 N–H and O–H groups in total. The standard InChI is InChI=1S/C24H20F2N4O4/c25-24(26)34-18-8-6-16(7-9-18)10-12-27-21(31)15-33-23(32)19-14-29-30-20(11-13-28-22(19)30)17-4-2-1-3-5-17/h1-9,11,13-14,24H,10,12,15H2,(H,27,31). The van der Waals surface area contributed by atoms with Gasteiger partial charge < -0.3 is 14.8 Å².